The molecule has 2 rings (SSSR count). The third-order valence-corrected chi connectivity index (χ3v) is 4.12. The fourth-order valence-electron chi connectivity index (χ4n) is 1.87. The predicted molar refractivity (Wildman–Crippen MR) is 73.9 cm³/mol. The molecule has 1 heterocycles. The Bertz CT molecular complexity index is 515. The number of aliphatic carboxylic acids is 1. The average molecular weight is 279 g/mol. The molecule has 0 aromatic carbocycles. The zero-order valence-corrected chi connectivity index (χ0v) is 11.9. The van der Waals surface area contributed by atoms with Gasteiger partial charge < -0.3 is 10.0 Å². The normalized spacial score (nSPS) is 15.9. The number of carbonyl (C=O) groups excluding carboxylic acids is 1. The second-order valence-electron chi connectivity index (χ2n) is 4.85. The number of hydrogen-bond donors (Lipinski definition) is 1. The van der Waals surface area contributed by atoms with Gasteiger partial charge >= 0.3 is 5.97 Å². The highest BCUT2D eigenvalue weighted by molar-refractivity contribution is 7.07. The van der Waals surface area contributed by atoms with E-state index in [-0.39, 0.29) is 17.5 Å². The van der Waals surface area contributed by atoms with Crippen LogP contribution < -0.4 is 0 Å². The van der Waals surface area contributed by atoms with Crippen LogP contribution in [0, 0.1) is 0 Å². The number of carbonyl (C=O) groups is 2. The molecule has 1 N–H and O–H groups in total. The Labute approximate surface area is 116 Å². The minimum atomic E-state index is -1.03. The molecule has 19 heavy (non-hydrogen) atoms. The summed E-state index contributed by atoms with van der Waals surface area (Å²) in [5.74, 6) is -1.19. The zero-order valence-electron chi connectivity index (χ0n) is 11.0. The van der Waals surface area contributed by atoms with Crippen molar-refractivity contribution in [2.45, 2.75) is 39.3 Å². The van der Waals surface area contributed by atoms with E-state index in [1.165, 1.54) is 6.92 Å². The van der Waals surface area contributed by atoms with Gasteiger partial charge in [0, 0.05) is 23.7 Å². The van der Waals surface area contributed by atoms with Crippen molar-refractivity contribution in [2.75, 3.05) is 0 Å². The molecule has 1 aliphatic rings. The van der Waals surface area contributed by atoms with Crippen LogP contribution in [-0.2, 0) is 16.1 Å². The van der Waals surface area contributed by atoms with E-state index in [0.29, 0.717) is 12.1 Å². The minimum absolute atomic E-state index is 0.126. The second kappa shape index (κ2) is 5.57. The number of carboxylic acids is 1. The van der Waals surface area contributed by atoms with Crippen LogP contribution in [0.1, 0.15) is 32.3 Å². The Kier molecular flexibility index (Phi) is 4.04. The lowest BCUT2D eigenvalue weighted by Gasteiger charge is -2.23. The quantitative estimate of drug-likeness (QED) is 0.843. The first-order chi connectivity index (χ1) is 9.00. The van der Waals surface area contributed by atoms with Gasteiger partial charge in [0.05, 0.1) is 0 Å². The molecule has 1 saturated carbocycles. The number of rotatable bonds is 5. The molecule has 1 aliphatic carbocycles. The number of carboxylic acid groups (broad SMARTS) is 1. The summed E-state index contributed by atoms with van der Waals surface area (Å²) in [4.78, 5) is 25.1. The van der Waals surface area contributed by atoms with Crippen LogP contribution in [0.25, 0.3) is 0 Å². The van der Waals surface area contributed by atoms with E-state index in [2.05, 4.69) is 0 Å². The molecular weight excluding hydrogens is 262 g/mol. The SMILES string of the molecule is C/C(C(=O)O)=C(\C)C(=O)N(Cc1ccsc1)C1CC1. The number of hydrogen-bond acceptors (Lipinski definition) is 3. The van der Waals surface area contributed by atoms with E-state index in [4.69, 9.17) is 5.11 Å². The molecule has 1 amide bonds. The van der Waals surface area contributed by atoms with Gasteiger partial charge in [0.15, 0.2) is 0 Å². The van der Waals surface area contributed by atoms with Crippen molar-refractivity contribution >= 4 is 23.2 Å². The van der Waals surface area contributed by atoms with E-state index in [9.17, 15) is 9.59 Å². The van der Waals surface area contributed by atoms with Gasteiger partial charge in [-0.3, -0.25) is 4.79 Å². The maximum absolute atomic E-state index is 12.4. The summed E-state index contributed by atoms with van der Waals surface area (Å²) in [5, 5.41) is 13.0. The molecule has 1 aromatic rings. The summed E-state index contributed by atoms with van der Waals surface area (Å²) in [6.45, 7) is 3.64. The summed E-state index contributed by atoms with van der Waals surface area (Å²) < 4.78 is 0. The Morgan fingerprint density at radius 3 is 2.53 bits per heavy atom. The molecule has 0 atom stereocenters. The summed E-state index contributed by atoms with van der Waals surface area (Å²) in [5.41, 5.74) is 1.56. The van der Waals surface area contributed by atoms with Gasteiger partial charge in [0.1, 0.15) is 0 Å². The lowest BCUT2D eigenvalue weighted by atomic mass is 10.1. The molecule has 0 aliphatic heterocycles. The standard InChI is InChI=1S/C14H17NO3S/c1-9(10(2)14(17)18)13(16)15(12-3-4-12)7-11-5-6-19-8-11/h5-6,8,12H,3-4,7H2,1-2H3,(H,17,18)/b10-9-. The highest BCUT2D eigenvalue weighted by Crippen LogP contribution is 2.30. The van der Waals surface area contributed by atoms with Crippen LogP contribution >= 0.6 is 11.3 Å². The van der Waals surface area contributed by atoms with Crippen molar-refractivity contribution in [1.29, 1.82) is 0 Å². The summed E-state index contributed by atoms with van der Waals surface area (Å²) in [7, 11) is 0. The molecule has 4 nitrogen and oxygen atoms in total. The van der Waals surface area contributed by atoms with Gasteiger partial charge in [-0.2, -0.15) is 11.3 Å². The van der Waals surface area contributed by atoms with Crippen LogP contribution in [0.5, 0.6) is 0 Å². The third-order valence-electron chi connectivity index (χ3n) is 3.39. The van der Waals surface area contributed by atoms with Gasteiger partial charge in [0.25, 0.3) is 5.91 Å². The molecule has 0 saturated heterocycles. The largest absolute Gasteiger partial charge is 0.478 e. The molecule has 0 bridgehead atoms. The number of amides is 1. The van der Waals surface area contributed by atoms with Crippen molar-refractivity contribution in [3.63, 3.8) is 0 Å². The van der Waals surface area contributed by atoms with Crippen molar-refractivity contribution in [3.8, 4) is 0 Å². The highest BCUT2D eigenvalue weighted by atomic mass is 32.1. The first-order valence-corrected chi connectivity index (χ1v) is 7.17. The first kappa shape index (κ1) is 13.8. The van der Waals surface area contributed by atoms with E-state index in [1.807, 2.05) is 16.8 Å². The fraction of sp³-hybridized carbons (Fsp3) is 0.429. The Balaban J connectivity index is 2.18. The van der Waals surface area contributed by atoms with Gasteiger partial charge in [0.2, 0.25) is 0 Å². The molecular formula is C14H17NO3S. The molecule has 0 unspecified atom stereocenters. The Hall–Kier alpha value is -1.62. The smallest absolute Gasteiger partial charge is 0.331 e. The fourth-order valence-corrected chi connectivity index (χ4v) is 2.53. The molecule has 1 aromatic heterocycles. The second-order valence-corrected chi connectivity index (χ2v) is 5.63. The van der Waals surface area contributed by atoms with Crippen molar-refractivity contribution in [3.05, 3.63) is 33.5 Å². The molecule has 102 valence electrons. The molecule has 0 spiro atoms. The zero-order chi connectivity index (χ0) is 14.0. The first-order valence-electron chi connectivity index (χ1n) is 6.23. The lowest BCUT2D eigenvalue weighted by molar-refractivity contribution is -0.134. The summed E-state index contributed by atoms with van der Waals surface area (Å²) in [6.07, 6.45) is 2.02. The van der Waals surface area contributed by atoms with E-state index in [0.717, 1.165) is 18.4 Å². The van der Waals surface area contributed by atoms with Crippen LogP contribution in [0.15, 0.2) is 28.0 Å². The van der Waals surface area contributed by atoms with E-state index < -0.39 is 5.97 Å². The predicted octanol–water partition coefficient (Wildman–Crippen LogP) is 2.66. The van der Waals surface area contributed by atoms with Gasteiger partial charge in [-0.1, -0.05) is 0 Å². The minimum Gasteiger partial charge on any atom is -0.478 e. The summed E-state index contributed by atoms with van der Waals surface area (Å²) >= 11 is 1.60. The molecule has 1 fully saturated rings. The maximum atomic E-state index is 12.4. The van der Waals surface area contributed by atoms with Gasteiger partial charge in [-0.25, -0.2) is 4.79 Å². The topological polar surface area (TPSA) is 57.6 Å². The average Bonchev–Trinajstić information content (AvgIpc) is 3.10. The Morgan fingerprint density at radius 2 is 2.05 bits per heavy atom. The van der Waals surface area contributed by atoms with Crippen LogP contribution in [0.4, 0.5) is 0 Å². The lowest BCUT2D eigenvalue weighted by Crippen LogP contribution is -2.33. The van der Waals surface area contributed by atoms with Crippen molar-refractivity contribution in [1.82, 2.24) is 4.90 Å². The van der Waals surface area contributed by atoms with Crippen LogP contribution in [0.3, 0.4) is 0 Å². The summed E-state index contributed by atoms with van der Waals surface area (Å²) in [6, 6.07) is 2.26. The number of thiophene rings is 1. The van der Waals surface area contributed by atoms with Crippen LogP contribution in [-0.4, -0.2) is 27.9 Å². The Morgan fingerprint density at radius 1 is 1.37 bits per heavy atom. The molecule has 5 heteroatoms. The molecule has 0 radical (unpaired) electrons. The van der Waals surface area contributed by atoms with Crippen LogP contribution in [0.2, 0.25) is 0 Å². The van der Waals surface area contributed by atoms with E-state index in [1.54, 1.807) is 23.2 Å². The van der Waals surface area contributed by atoms with Crippen molar-refractivity contribution in [2.24, 2.45) is 0 Å². The maximum Gasteiger partial charge on any atom is 0.331 e. The number of nitrogens with zero attached hydrogens (tertiary/aromatic N) is 1. The third kappa shape index (κ3) is 3.23. The van der Waals surface area contributed by atoms with Gasteiger partial charge in [-0.15, -0.1) is 0 Å². The highest BCUT2D eigenvalue weighted by Gasteiger charge is 2.33. The monoisotopic (exact) mass is 279 g/mol. The van der Waals surface area contributed by atoms with E-state index >= 15 is 0 Å². The van der Waals surface area contributed by atoms with Crippen molar-refractivity contribution < 1.29 is 14.7 Å². The van der Waals surface area contributed by atoms with Gasteiger partial charge in [-0.05, 0) is 49.1 Å².